The fraction of sp³-hybridized carbons (Fsp3) is 0.357. The first-order chi connectivity index (χ1) is 9.74. The van der Waals surface area contributed by atoms with E-state index in [-0.39, 0.29) is 5.91 Å². The maximum absolute atomic E-state index is 11.9. The highest BCUT2D eigenvalue weighted by Crippen LogP contribution is 2.32. The zero-order valence-corrected chi connectivity index (χ0v) is 10.8. The molecule has 1 aromatic carbocycles. The predicted octanol–water partition coefficient (Wildman–Crippen LogP) is 1.24. The second-order valence-corrected chi connectivity index (χ2v) is 4.94. The highest BCUT2D eigenvalue weighted by atomic mass is 16.4. The fourth-order valence-corrected chi connectivity index (χ4v) is 2.01. The van der Waals surface area contributed by atoms with Gasteiger partial charge in [0.25, 0.3) is 5.91 Å². The molecular formula is C14H15N3O3. The number of hydrogen-bond acceptors (Lipinski definition) is 5. The Hall–Kier alpha value is -2.21. The van der Waals surface area contributed by atoms with E-state index in [4.69, 9.17) is 4.42 Å². The maximum atomic E-state index is 11.9. The van der Waals surface area contributed by atoms with Gasteiger partial charge in [0.1, 0.15) is 0 Å². The van der Waals surface area contributed by atoms with Crippen LogP contribution in [-0.2, 0) is 0 Å². The average molecular weight is 273 g/mol. The van der Waals surface area contributed by atoms with E-state index < -0.39 is 6.10 Å². The van der Waals surface area contributed by atoms with E-state index >= 15 is 0 Å². The number of carbonyl (C=O) groups excluding carboxylic acids is 1. The van der Waals surface area contributed by atoms with Crippen LogP contribution in [0.15, 0.2) is 35.1 Å². The number of carbonyl (C=O) groups is 1. The summed E-state index contributed by atoms with van der Waals surface area (Å²) in [7, 11) is 0. The molecule has 0 bridgehead atoms. The lowest BCUT2D eigenvalue weighted by molar-refractivity contribution is 0.0901. The summed E-state index contributed by atoms with van der Waals surface area (Å²) in [6, 6.07) is 6.89. The predicted molar refractivity (Wildman–Crippen MR) is 70.8 cm³/mol. The molecule has 1 heterocycles. The number of aliphatic hydroxyl groups excluding tert-OH is 1. The van der Waals surface area contributed by atoms with Gasteiger partial charge in [-0.05, 0) is 43.0 Å². The van der Waals surface area contributed by atoms with Gasteiger partial charge >= 0.3 is 0 Å². The first-order valence-electron chi connectivity index (χ1n) is 6.57. The van der Waals surface area contributed by atoms with E-state index in [1.807, 2.05) is 0 Å². The molecule has 6 heteroatoms. The number of aliphatic hydroxyl groups is 1. The van der Waals surface area contributed by atoms with Gasteiger partial charge in [0, 0.05) is 17.7 Å². The van der Waals surface area contributed by atoms with Gasteiger partial charge in [-0.1, -0.05) is 0 Å². The number of benzene rings is 1. The van der Waals surface area contributed by atoms with Crippen LogP contribution < -0.4 is 5.32 Å². The molecule has 1 unspecified atom stereocenters. The van der Waals surface area contributed by atoms with Crippen molar-refractivity contribution in [2.75, 3.05) is 6.54 Å². The Bertz CT molecular complexity index is 576. The van der Waals surface area contributed by atoms with Crippen LogP contribution >= 0.6 is 0 Å². The van der Waals surface area contributed by atoms with Crippen molar-refractivity contribution in [1.82, 2.24) is 15.5 Å². The van der Waals surface area contributed by atoms with Gasteiger partial charge in [-0.2, -0.15) is 0 Å². The highest BCUT2D eigenvalue weighted by Gasteiger charge is 2.29. The lowest BCUT2D eigenvalue weighted by Gasteiger charge is -2.10. The summed E-state index contributed by atoms with van der Waals surface area (Å²) in [6.07, 6.45) is 2.93. The van der Waals surface area contributed by atoms with E-state index in [1.165, 1.54) is 6.39 Å². The van der Waals surface area contributed by atoms with Crippen molar-refractivity contribution in [3.63, 3.8) is 0 Å². The van der Waals surface area contributed by atoms with Crippen LogP contribution in [-0.4, -0.2) is 33.9 Å². The Balaban J connectivity index is 1.60. The van der Waals surface area contributed by atoms with Crippen LogP contribution in [0.25, 0.3) is 11.5 Å². The quantitative estimate of drug-likeness (QED) is 0.855. The third-order valence-electron chi connectivity index (χ3n) is 3.39. The molecule has 0 saturated heterocycles. The summed E-state index contributed by atoms with van der Waals surface area (Å²) >= 11 is 0. The van der Waals surface area contributed by atoms with Gasteiger partial charge in [-0.25, -0.2) is 0 Å². The van der Waals surface area contributed by atoms with E-state index in [1.54, 1.807) is 24.3 Å². The topological polar surface area (TPSA) is 88.2 Å². The largest absolute Gasteiger partial charge is 0.423 e. The van der Waals surface area contributed by atoms with Crippen molar-refractivity contribution >= 4 is 5.91 Å². The van der Waals surface area contributed by atoms with Crippen molar-refractivity contribution in [3.8, 4) is 11.5 Å². The zero-order chi connectivity index (χ0) is 13.9. The van der Waals surface area contributed by atoms with Crippen molar-refractivity contribution in [2.24, 2.45) is 5.92 Å². The summed E-state index contributed by atoms with van der Waals surface area (Å²) in [5.41, 5.74) is 1.30. The molecule has 1 saturated carbocycles. The number of amides is 1. The molecule has 20 heavy (non-hydrogen) atoms. The molecule has 1 aliphatic rings. The standard InChI is InChI=1S/C14H15N3O3/c18-12(9-1-2-9)7-15-13(19)10-3-5-11(6-4-10)14-17-16-8-20-14/h3-6,8-9,12,18H,1-2,7H2,(H,15,19). The molecule has 2 N–H and O–H groups in total. The molecule has 2 aromatic rings. The minimum Gasteiger partial charge on any atom is -0.423 e. The van der Waals surface area contributed by atoms with Gasteiger partial charge in [0.15, 0.2) is 0 Å². The number of nitrogens with one attached hydrogen (secondary N) is 1. The minimum absolute atomic E-state index is 0.193. The van der Waals surface area contributed by atoms with Crippen molar-refractivity contribution in [1.29, 1.82) is 0 Å². The average Bonchev–Trinajstić information content (AvgIpc) is 3.19. The van der Waals surface area contributed by atoms with Crippen molar-refractivity contribution in [2.45, 2.75) is 18.9 Å². The third-order valence-corrected chi connectivity index (χ3v) is 3.39. The first-order valence-corrected chi connectivity index (χ1v) is 6.57. The molecule has 104 valence electrons. The Morgan fingerprint density at radius 3 is 2.75 bits per heavy atom. The number of rotatable bonds is 5. The maximum Gasteiger partial charge on any atom is 0.251 e. The molecular weight excluding hydrogens is 258 g/mol. The fourth-order valence-electron chi connectivity index (χ4n) is 2.01. The highest BCUT2D eigenvalue weighted by molar-refractivity contribution is 5.94. The summed E-state index contributed by atoms with van der Waals surface area (Å²) in [5, 5.41) is 19.8. The van der Waals surface area contributed by atoms with E-state index in [9.17, 15) is 9.90 Å². The van der Waals surface area contributed by atoms with Gasteiger partial charge in [0.05, 0.1) is 6.10 Å². The second-order valence-electron chi connectivity index (χ2n) is 4.94. The normalized spacial score (nSPS) is 15.8. The van der Waals surface area contributed by atoms with Crippen LogP contribution in [0.3, 0.4) is 0 Å². The Morgan fingerprint density at radius 1 is 1.40 bits per heavy atom. The summed E-state index contributed by atoms with van der Waals surface area (Å²) in [5.74, 6) is 0.582. The molecule has 1 aliphatic carbocycles. The molecule has 1 amide bonds. The lowest BCUT2D eigenvalue weighted by Crippen LogP contribution is -2.33. The third kappa shape index (κ3) is 2.85. The first kappa shape index (κ1) is 12.8. The van der Waals surface area contributed by atoms with Crippen LogP contribution in [0.4, 0.5) is 0 Å². The number of hydrogen-bond donors (Lipinski definition) is 2. The molecule has 6 nitrogen and oxygen atoms in total. The second kappa shape index (κ2) is 5.42. The van der Waals surface area contributed by atoms with E-state index in [0.717, 1.165) is 18.4 Å². The van der Waals surface area contributed by atoms with Gasteiger partial charge in [-0.15, -0.1) is 10.2 Å². The number of aromatic nitrogens is 2. The summed E-state index contributed by atoms with van der Waals surface area (Å²) in [4.78, 5) is 11.9. The van der Waals surface area contributed by atoms with Gasteiger partial charge in [-0.3, -0.25) is 4.79 Å². The molecule has 1 atom stereocenters. The van der Waals surface area contributed by atoms with Crippen molar-refractivity contribution in [3.05, 3.63) is 36.2 Å². The summed E-state index contributed by atoms with van der Waals surface area (Å²) < 4.78 is 5.08. The van der Waals surface area contributed by atoms with Gasteiger partial charge < -0.3 is 14.8 Å². The lowest BCUT2D eigenvalue weighted by atomic mass is 10.1. The molecule has 1 fully saturated rings. The molecule has 0 spiro atoms. The molecule has 3 rings (SSSR count). The minimum atomic E-state index is -0.434. The Labute approximate surface area is 115 Å². The van der Waals surface area contributed by atoms with Crippen LogP contribution in [0.1, 0.15) is 23.2 Å². The Morgan fingerprint density at radius 2 is 2.15 bits per heavy atom. The van der Waals surface area contributed by atoms with Crippen LogP contribution in [0.2, 0.25) is 0 Å². The van der Waals surface area contributed by atoms with Gasteiger partial charge in [0.2, 0.25) is 12.3 Å². The molecule has 1 aromatic heterocycles. The van der Waals surface area contributed by atoms with Crippen LogP contribution in [0.5, 0.6) is 0 Å². The zero-order valence-electron chi connectivity index (χ0n) is 10.8. The molecule has 0 aliphatic heterocycles. The summed E-state index contributed by atoms with van der Waals surface area (Å²) in [6.45, 7) is 0.301. The monoisotopic (exact) mass is 273 g/mol. The van der Waals surface area contributed by atoms with E-state index in [2.05, 4.69) is 15.5 Å². The SMILES string of the molecule is O=C(NCC(O)C1CC1)c1ccc(-c2nnco2)cc1. The number of nitrogens with zero attached hydrogens (tertiary/aromatic N) is 2. The van der Waals surface area contributed by atoms with E-state index in [0.29, 0.717) is 23.9 Å². The Kier molecular flexibility index (Phi) is 3.47. The molecule has 0 radical (unpaired) electrons. The smallest absolute Gasteiger partial charge is 0.251 e. The van der Waals surface area contributed by atoms with Crippen LogP contribution in [0, 0.1) is 5.92 Å². The van der Waals surface area contributed by atoms with Crippen molar-refractivity contribution < 1.29 is 14.3 Å².